The van der Waals surface area contributed by atoms with E-state index in [4.69, 9.17) is 5.73 Å². The van der Waals surface area contributed by atoms with Crippen molar-refractivity contribution in [1.29, 1.82) is 0 Å². The van der Waals surface area contributed by atoms with E-state index in [-0.39, 0.29) is 5.91 Å². The Hall–Kier alpha value is -1.59. The summed E-state index contributed by atoms with van der Waals surface area (Å²) in [4.78, 5) is 16.0. The smallest absolute Gasteiger partial charge is 0.239 e. The van der Waals surface area contributed by atoms with Crippen molar-refractivity contribution >= 4 is 11.6 Å². The van der Waals surface area contributed by atoms with Gasteiger partial charge in [-0.3, -0.25) is 4.79 Å². The maximum Gasteiger partial charge on any atom is 0.239 e. The number of carbonyl (C=O) groups is 1. The summed E-state index contributed by atoms with van der Waals surface area (Å²) in [7, 11) is 3.98. The second-order valence-corrected chi connectivity index (χ2v) is 5.30. The van der Waals surface area contributed by atoms with Crippen LogP contribution in [-0.2, 0) is 4.79 Å². The molecule has 0 saturated heterocycles. The number of hydrogen-bond acceptors (Lipinski definition) is 4. The summed E-state index contributed by atoms with van der Waals surface area (Å²) in [6.07, 6.45) is 0. The van der Waals surface area contributed by atoms with Gasteiger partial charge in [0.1, 0.15) is 6.04 Å². The molecule has 5 heteroatoms. The summed E-state index contributed by atoms with van der Waals surface area (Å²) in [6, 6.07) is 7.47. The van der Waals surface area contributed by atoms with Crippen molar-refractivity contribution in [3.8, 4) is 0 Å². The zero-order chi connectivity index (χ0) is 15.8. The van der Waals surface area contributed by atoms with E-state index < -0.39 is 6.04 Å². The standard InChI is InChI=1S/C16H28N4O/c1-5-20(6-2)12-11-18-15(16(17)21)13-7-9-14(10-8-13)19(3)4/h7-10,15,18H,5-6,11-12H2,1-4H3,(H2,17,21). The lowest BCUT2D eigenvalue weighted by atomic mass is 10.1. The molecule has 3 N–H and O–H groups in total. The van der Waals surface area contributed by atoms with Crippen LogP contribution in [0, 0.1) is 0 Å². The van der Waals surface area contributed by atoms with Crippen LogP contribution in [-0.4, -0.2) is 51.1 Å². The van der Waals surface area contributed by atoms with E-state index in [0.717, 1.165) is 37.4 Å². The number of benzene rings is 1. The van der Waals surface area contributed by atoms with Crippen LogP contribution in [0.2, 0.25) is 0 Å². The van der Waals surface area contributed by atoms with Gasteiger partial charge in [0, 0.05) is 32.9 Å². The molecule has 1 amide bonds. The lowest BCUT2D eigenvalue weighted by molar-refractivity contribution is -0.120. The van der Waals surface area contributed by atoms with Crippen LogP contribution in [0.5, 0.6) is 0 Å². The Morgan fingerprint density at radius 2 is 1.76 bits per heavy atom. The zero-order valence-electron chi connectivity index (χ0n) is 13.6. The Balaban J connectivity index is 2.66. The first-order valence-electron chi connectivity index (χ1n) is 7.51. The molecule has 0 spiro atoms. The number of carbonyl (C=O) groups excluding carboxylic acids is 1. The van der Waals surface area contributed by atoms with Gasteiger partial charge < -0.3 is 20.9 Å². The average molecular weight is 292 g/mol. The molecule has 1 rings (SSSR count). The molecule has 0 aromatic heterocycles. The Bertz CT molecular complexity index is 426. The first-order chi connectivity index (χ1) is 9.99. The van der Waals surface area contributed by atoms with Crippen LogP contribution in [0.15, 0.2) is 24.3 Å². The second-order valence-electron chi connectivity index (χ2n) is 5.30. The highest BCUT2D eigenvalue weighted by Crippen LogP contribution is 2.17. The van der Waals surface area contributed by atoms with E-state index in [1.165, 1.54) is 0 Å². The molecule has 0 aliphatic carbocycles. The van der Waals surface area contributed by atoms with Crippen LogP contribution in [0.1, 0.15) is 25.5 Å². The Kier molecular flexibility index (Phi) is 7.19. The van der Waals surface area contributed by atoms with Crippen molar-refractivity contribution in [3.05, 3.63) is 29.8 Å². The quantitative estimate of drug-likeness (QED) is 0.718. The van der Waals surface area contributed by atoms with Gasteiger partial charge >= 0.3 is 0 Å². The van der Waals surface area contributed by atoms with Crippen molar-refractivity contribution in [2.75, 3.05) is 45.2 Å². The largest absolute Gasteiger partial charge is 0.378 e. The van der Waals surface area contributed by atoms with Gasteiger partial charge in [-0.15, -0.1) is 0 Å². The molecule has 0 bridgehead atoms. The summed E-state index contributed by atoms with van der Waals surface area (Å²) >= 11 is 0. The molecule has 118 valence electrons. The van der Waals surface area contributed by atoms with Crippen LogP contribution < -0.4 is 16.0 Å². The highest BCUT2D eigenvalue weighted by atomic mass is 16.1. The van der Waals surface area contributed by atoms with Gasteiger partial charge in [0.25, 0.3) is 0 Å². The van der Waals surface area contributed by atoms with E-state index in [0.29, 0.717) is 0 Å². The van der Waals surface area contributed by atoms with Gasteiger partial charge in [0.05, 0.1) is 0 Å². The lowest BCUT2D eigenvalue weighted by Crippen LogP contribution is -2.38. The molecule has 1 aromatic carbocycles. The summed E-state index contributed by atoms with van der Waals surface area (Å²) < 4.78 is 0. The van der Waals surface area contributed by atoms with Gasteiger partial charge in [-0.1, -0.05) is 26.0 Å². The Morgan fingerprint density at radius 1 is 1.19 bits per heavy atom. The summed E-state index contributed by atoms with van der Waals surface area (Å²) in [5.41, 5.74) is 7.53. The molecule has 1 unspecified atom stereocenters. The maximum atomic E-state index is 11.7. The number of nitrogens with one attached hydrogen (secondary N) is 1. The molecule has 0 heterocycles. The fourth-order valence-corrected chi connectivity index (χ4v) is 2.25. The predicted octanol–water partition coefficient (Wildman–Crippen LogP) is 1.21. The lowest BCUT2D eigenvalue weighted by Gasteiger charge is -2.21. The second kappa shape index (κ2) is 8.64. The van der Waals surface area contributed by atoms with Gasteiger partial charge in [0.15, 0.2) is 0 Å². The van der Waals surface area contributed by atoms with E-state index in [9.17, 15) is 4.79 Å². The normalized spacial score (nSPS) is 12.4. The number of nitrogens with zero attached hydrogens (tertiary/aromatic N) is 2. The highest BCUT2D eigenvalue weighted by Gasteiger charge is 2.17. The van der Waals surface area contributed by atoms with Crippen LogP contribution >= 0.6 is 0 Å². The number of anilines is 1. The monoisotopic (exact) mass is 292 g/mol. The minimum Gasteiger partial charge on any atom is -0.378 e. The molecule has 0 aliphatic rings. The van der Waals surface area contributed by atoms with Gasteiger partial charge in [-0.25, -0.2) is 0 Å². The maximum absolute atomic E-state index is 11.7. The third-order valence-electron chi connectivity index (χ3n) is 3.70. The fourth-order valence-electron chi connectivity index (χ4n) is 2.25. The minimum atomic E-state index is -0.434. The third kappa shape index (κ3) is 5.36. The summed E-state index contributed by atoms with van der Waals surface area (Å²) in [6.45, 7) is 7.94. The Labute approximate surface area is 128 Å². The summed E-state index contributed by atoms with van der Waals surface area (Å²) in [5.74, 6) is -0.341. The molecule has 0 saturated carbocycles. The SMILES string of the molecule is CCN(CC)CCNC(C(N)=O)c1ccc(N(C)C)cc1. The van der Waals surface area contributed by atoms with Crippen molar-refractivity contribution in [2.45, 2.75) is 19.9 Å². The van der Waals surface area contributed by atoms with E-state index in [2.05, 4.69) is 24.1 Å². The number of amides is 1. The van der Waals surface area contributed by atoms with Crippen molar-refractivity contribution in [3.63, 3.8) is 0 Å². The van der Waals surface area contributed by atoms with E-state index in [1.807, 2.05) is 43.3 Å². The minimum absolute atomic E-state index is 0.341. The van der Waals surface area contributed by atoms with Crippen molar-refractivity contribution in [1.82, 2.24) is 10.2 Å². The molecular formula is C16H28N4O. The molecular weight excluding hydrogens is 264 g/mol. The number of hydrogen-bond donors (Lipinski definition) is 2. The first kappa shape index (κ1) is 17.5. The summed E-state index contributed by atoms with van der Waals surface area (Å²) in [5, 5.41) is 3.25. The van der Waals surface area contributed by atoms with Crippen LogP contribution in [0.3, 0.4) is 0 Å². The predicted molar refractivity (Wildman–Crippen MR) is 88.5 cm³/mol. The van der Waals surface area contributed by atoms with Gasteiger partial charge in [0.2, 0.25) is 5.91 Å². The molecule has 5 nitrogen and oxygen atoms in total. The average Bonchev–Trinajstić information content (AvgIpc) is 2.47. The molecule has 0 radical (unpaired) electrons. The van der Waals surface area contributed by atoms with Crippen LogP contribution in [0.25, 0.3) is 0 Å². The zero-order valence-corrected chi connectivity index (χ0v) is 13.6. The number of rotatable bonds is 9. The fraction of sp³-hybridized carbons (Fsp3) is 0.562. The molecule has 0 aliphatic heterocycles. The van der Waals surface area contributed by atoms with Crippen molar-refractivity contribution in [2.24, 2.45) is 5.73 Å². The number of nitrogens with two attached hydrogens (primary N) is 1. The molecule has 21 heavy (non-hydrogen) atoms. The highest BCUT2D eigenvalue weighted by molar-refractivity contribution is 5.81. The Morgan fingerprint density at radius 3 is 2.19 bits per heavy atom. The number of likely N-dealkylation sites (N-methyl/N-ethyl adjacent to an activating group) is 1. The molecule has 0 fully saturated rings. The van der Waals surface area contributed by atoms with Gasteiger partial charge in [-0.2, -0.15) is 0 Å². The van der Waals surface area contributed by atoms with Gasteiger partial charge in [-0.05, 0) is 30.8 Å². The van der Waals surface area contributed by atoms with E-state index in [1.54, 1.807) is 0 Å². The van der Waals surface area contributed by atoms with E-state index >= 15 is 0 Å². The third-order valence-corrected chi connectivity index (χ3v) is 3.70. The molecule has 1 atom stereocenters. The number of primary amides is 1. The van der Waals surface area contributed by atoms with Crippen molar-refractivity contribution < 1.29 is 4.79 Å². The first-order valence-corrected chi connectivity index (χ1v) is 7.51. The van der Waals surface area contributed by atoms with Crippen LogP contribution in [0.4, 0.5) is 5.69 Å². The molecule has 1 aromatic rings. The topological polar surface area (TPSA) is 61.6 Å².